The number of amides is 3. The number of rotatable bonds is 5. The van der Waals surface area contributed by atoms with Crippen LogP contribution in [0.15, 0.2) is 36.4 Å². The Morgan fingerprint density at radius 2 is 1.78 bits per heavy atom. The standard InChI is InChI=1S/C19H15ClN2O5/c1-2-7-22-17(24)12-5-3-10(8-13(12)18(22)25)16(23)21-15-6-4-11(20)9-14(15)19(26)27/h3-6,8-9H,2,7H2,1H3,(H,21,23)(H,26,27). The Bertz CT molecular complexity index is 986. The van der Waals surface area contributed by atoms with Crippen molar-refractivity contribution in [2.45, 2.75) is 13.3 Å². The monoisotopic (exact) mass is 386 g/mol. The van der Waals surface area contributed by atoms with Gasteiger partial charge in [-0.05, 0) is 42.8 Å². The van der Waals surface area contributed by atoms with E-state index < -0.39 is 17.8 Å². The van der Waals surface area contributed by atoms with Gasteiger partial charge in [-0.3, -0.25) is 19.3 Å². The van der Waals surface area contributed by atoms with Crippen molar-refractivity contribution in [3.63, 3.8) is 0 Å². The fourth-order valence-corrected chi connectivity index (χ4v) is 3.03. The molecular weight excluding hydrogens is 372 g/mol. The Labute approximate surface area is 159 Å². The fraction of sp³-hybridized carbons (Fsp3) is 0.158. The second-order valence-electron chi connectivity index (χ2n) is 5.97. The van der Waals surface area contributed by atoms with Crippen LogP contribution in [-0.4, -0.2) is 40.2 Å². The van der Waals surface area contributed by atoms with E-state index in [0.29, 0.717) is 13.0 Å². The molecule has 27 heavy (non-hydrogen) atoms. The van der Waals surface area contributed by atoms with Crippen LogP contribution in [0.5, 0.6) is 0 Å². The van der Waals surface area contributed by atoms with Gasteiger partial charge in [0.15, 0.2) is 0 Å². The first-order valence-electron chi connectivity index (χ1n) is 8.18. The van der Waals surface area contributed by atoms with E-state index in [1.165, 1.54) is 36.4 Å². The van der Waals surface area contributed by atoms with Crippen molar-refractivity contribution in [2.75, 3.05) is 11.9 Å². The number of fused-ring (bicyclic) bond motifs is 1. The number of carbonyl (C=O) groups excluding carboxylic acids is 3. The van der Waals surface area contributed by atoms with E-state index in [0.717, 1.165) is 4.90 Å². The summed E-state index contributed by atoms with van der Waals surface area (Å²) in [5, 5.41) is 12.0. The van der Waals surface area contributed by atoms with Crippen molar-refractivity contribution in [1.29, 1.82) is 0 Å². The molecule has 8 heteroatoms. The molecular formula is C19H15ClN2O5. The molecule has 2 aromatic carbocycles. The van der Waals surface area contributed by atoms with Gasteiger partial charge in [0, 0.05) is 17.1 Å². The second kappa shape index (κ2) is 7.20. The third-order valence-corrected chi connectivity index (χ3v) is 4.38. The number of benzene rings is 2. The molecule has 7 nitrogen and oxygen atoms in total. The number of carboxylic acids is 1. The van der Waals surface area contributed by atoms with Gasteiger partial charge >= 0.3 is 5.97 Å². The Kier molecular flexibility index (Phi) is 4.96. The highest BCUT2D eigenvalue weighted by Gasteiger charge is 2.35. The summed E-state index contributed by atoms with van der Waals surface area (Å²) in [7, 11) is 0. The summed E-state index contributed by atoms with van der Waals surface area (Å²) in [4.78, 5) is 49.6. The topological polar surface area (TPSA) is 104 Å². The molecule has 3 amide bonds. The van der Waals surface area contributed by atoms with Crippen LogP contribution in [0.25, 0.3) is 0 Å². The number of carboxylic acid groups (broad SMARTS) is 1. The van der Waals surface area contributed by atoms with E-state index in [2.05, 4.69) is 5.32 Å². The minimum absolute atomic E-state index is 0.0763. The van der Waals surface area contributed by atoms with Crippen LogP contribution in [0.4, 0.5) is 5.69 Å². The number of halogens is 1. The zero-order valence-corrected chi connectivity index (χ0v) is 15.0. The van der Waals surface area contributed by atoms with Crippen LogP contribution in [0.3, 0.4) is 0 Å². The predicted molar refractivity (Wildman–Crippen MR) is 98.5 cm³/mol. The summed E-state index contributed by atoms with van der Waals surface area (Å²) < 4.78 is 0. The van der Waals surface area contributed by atoms with E-state index >= 15 is 0 Å². The Morgan fingerprint density at radius 1 is 1.07 bits per heavy atom. The zero-order chi connectivity index (χ0) is 19.7. The summed E-state index contributed by atoms with van der Waals surface area (Å²) in [6.45, 7) is 2.16. The molecule has 138 valence electrons. The Balaban J connectivity index is 1.90. The maximum absolute atomic E-state index is 12.5. The first-order valence-corrected chi connectivity index (χ1v) is 8.55. The maximum atomic E-state index is 12.5. The lowest BCUT2D eigenvalue weighted by atomic mass is 10.0. The number of aromatic carboxylic acids is 1. The molecule has 0 fully saturated rings. The molecule has 2 N–H and O–H groups in total. The lowest BCUT2D eigenvalue weighted by molar-refractivity contribution is 0.0650. The smallest absolute Gasteiger partial charge is 0.337 e. The van der Waals surface area contributed by atoms with Gasteiger partial charge < -0.3 is 10.4 Å². The lowest BCUT2D eigenvalue weighted by Crippen LogP contribution is -2.30. The Morgan fingerprint density at radius 3 is 2.44 bits per heavy atom. The van der Waals surface area contributed by atoms with Crippen molar-refractivity contribution in [3.05, 3.63) is 63.7 Å². The molecule has 1 heterocycles. The van der Waals surface area contributed by atoms with Crippen molar-refractivity contribution >= 4 is 41.0 Å². The number of carbonyl (C=O) groups is 4. The second-order valence-corrected chi connectivity index (χ2v) is 6.41. The van der Waals surface area contributed by atoms with E-state index in [1.807, 2.05) is 6.92 Å². The molecule has 1 aliphatic heterocycles. The molecule has 3 rings (SSSR count). The van der Waals surface area contributed by atoms with E-state index in [4.69, 9.17) is 11.6 Å². The molecule has 0 aliphatic carbocycles. The first kappa shape index (κ1) is 18.6. The molecule has 0 saturated heterocycles. The number of hydrogen-bond donors (Lipinski definition) is 2. The third-order valence-electron chi connectivity index (χ3n) is 4.14. The van der Waals surface area contributed by atoms with Crippen molar-refractivity contribution in [2.24, 2.45) is 0 Å². The van der Waals surface area contributed by atoms with Gasteiger partial charge in [0.2, 0.25) is 0 Å². The van der Waals surface area contributed by atoms with Crippen LogP contribution in [0.1, 0.15) is 54.8 Å². The minimum atomic E-state index is -1.24. The predicted octanol–water partition coefficient (Wildman–Crippen LogP) is 3.30. The van der Waals surface area contributed by atoms with Crippen molar-refractivity contribution < 1.29 is 24.3 Å². The molecule has 0 bridgehead atoms. The quantitative estimate of drug-likeness (QED) is 0.767. The number of imide groups is 1. The SMILES string of the molecule is CCCN1C(=O)c2ccc(C(=O)Nc3ccc(Cl)cc3C(=O)O)cc2C1=O. The number of hydrogen-bond acceptors (Lipinski definition) is 4. The zero-order valence-electron chi connectivity index (χ0n) is 14.3. The summed E-state index contributed by atoms with van der Waals surface area (Å²) >= 11 is 5.80. The van der Waals surface area contributed by atoms with Gasteiger partial charge in [0.1, 0.15) is 0 Å². The highest BCUT2D eigenvalue weighted by Crippen LogP contribution is 2.26. The summed E-state index contributed by atoms with van der Waals surface area (Å²) in [5.74, 6) is -2.66. The number of nitrogens with one attached hydrogen (secondary N) is 1. The summed E-state index contributed by atoms with van der Waals surface area (Å²) in [6, 6.07) is 8.26. The average molecular weight is 387 g/mol. The Hall–Kier alpha value is -3.19. The maximum Gasteiger partial charge on any atom is 0.337 e. The van der Waals surface area contributed by atoms with Crippen molar-refractivity contribution in [1.82, 2.24) is 4.90 Å². The highest BCUT2D eigenvalue weighted by molar-refractivity contribution is 6.31. The molecule has 2 aromatic rings. The van der Waals surface area contributed by atoms with Crippen LogP contribution in [0.2, 0.25) is 5.02 Å². The van der Waals surface area contributed by atoms with E-state index in [1.54, 1.807) is 0 Å². The van der Waals surface area contributed by atoms with Crippen LogP contribution >= 0.6 is 11.6 Å². The van der Waals surface area contributed by atoms with Gasteiger partial charge in [0.25, 0.3) is 17.7 Å². The van der Waals surface area contributed by atoms with Gasteiger partial charge in [-0.25, -0.2) is 4.79 Å². The van der Waals surface area contributed by atoms with Gasteiger partial charge in [-0.1, -0.05) is 18.5 Å². The largest absolute Gasteiger partial charge is 0.478 e. The summed E-state index contributed by atoms with van der Waals surface area (Å²) in [5.41, 5.74) is 0.475. The lowest BCUT2D eigenvalue weighted by Gasteiger charge is -2.11. The normalized spacial score (nSPS) is 12.9. The average Bonchev–Trinajstić information content (AvgIpc) is 2.87. The van der Waals surface area contributed by atoms with Crippen LogP contribution in [-0.2, 0) is 0 Å². The molecule has 0 unspecified atom stereocenters. The van der Waals surface area contributed by atoms with E-state index in [-0.39, 0.29) is 38.9 Å². The van der Waals surface area contributed by atoms with Crippen molar-refractivity contribution in [3.8, 4) is 0 Å². The molecule has 0 spiro atoms. The minimum Gasteiger partial charge on any atom is -0.478 e. The van der Waals surface area contributed by atoms with Crippen LogP contribution in [0, 0.1) is 0 Å². The molecule has 0 saturated carbocycles. The number of nitrogens with zero attached hydrogens (tertiary/aromatic N) is 1. The third kappa shape index (κ3) is 3.41. The molecule has 0 atom stereocenters. The number of anilines is 1. The highest BCUT2D eigenvalue weighted by atomic mass is 35.5. The van der Waals surface area contributed by atoms with Gasteiger partial charge in [-0.15, -0.1) is 0 Å². The fourth-order valence-electron chi connectivity index (χ4n) is 2.86. The van der Waals surface area contributed by atoms with E-state index in [9.17, 15) is 24.3 Å². The molecule has 0 aromatic heterocycles. The van der Waals surface area contributed by atoms with Crippen LogP contribution < -0.4 is 5.32 Å². The summed E-state index contributed by atoms with van der Waals surface area (Å²) in [6.07, 6.45) is 0.632. The molecule has 1 aliphatic rings. The first-order chi connectivity index (χ1) is 12.8. The molecule has 0 radical (unpaired) electrons. The van der Waals surface area contributed by atoms with Gasteiger partial charge in [0.05, 0.1) is 22.4 Å². The van der Waals surface area contributed by atoms with Gasteiger partial charge in [-0.2, -0.15) is 0 Å².